The van der Waals surface area contributed by atoms with E-state index in [0.717, 1.165) is 13.8 Å². The molecule has 0 aliphatic heterocycles. The molecule has 1 atom stereocenters. The van der Waals surface area contributed by atoms with Gasteiger partial charge in [0.2, 0.25) is 0 Å². The number of ether oxygens (including phenoxy) is 1. The van der Waals surface area contributed by atoms with Gasteiger partial charge in [-0.05, 0) is 33.6 Å². The third kappa shape index (κ3) is 7.19. The zero-order valence-electron chi connectivity index (χ0n) is 12.8. The van der Waals surface area contributed by atoms with Gasteiger partial charge in [-0.1, -0.05) is 13.8 Å². The van der Waals surface area contributed by atoms with Gasteiger partial charge in [-0.3, -0.25) is 0 Å². The summed E-state index contributed by atoms with van der Waals surface area (Å²) in [5.74, 6) is -1.40. The average Bonchev–Trinajstić information content (AvgIpc) is 2.19. The van der Waals surface area contributed by atoms with Crippen molar-refractivity contribution in [3.8, 4) is 0 Å². The minimum absolute atomic E-state index is 0.346. The maximum absolute atomic E-state index is 12.7. The van der Waals surface area contributed by atoms with Crippen molar-refractivity contribution in [3.63, 3.8) is 0 Å². The number of halogens is 3. The Morgan fingerprint density at radius 3 is 1.95 bits per heavy atom. The summed E-state index contributed by atoms with van der Waals surface area (Å²) < 4.78 is 43.0. The average molecular weight is 313 g/mol. The molecule has 0 aromatic heterocycles. The summed E-state index contributed by atoms with van der Waals surface area (Å²) in [5, 5.41) is 11.0. The predicted octanol–water partition coefficient (Wildman–Crippen LogP) is 3.33. The number of aliphatic carboxylic acids is 1. The number of alkyl carbamates (subject to hydrolysis) is 1. The van der Waals surface area contributed by atoms with Crippen LogP contribution in [0, 0.1) is 5.41 Å². The van der Waals surface area contributed by atoms with Crippen LogP contribution in [0.2, 0.25) is 0 Å². The SMILES string of the molecule is CC(C)(C)OC(=O)N[C@@H](CCC(C)(C)C(F)(F)F)C(=O)O. The van der Waals surface area contributed by atoms with Gasteiger partial charge in [-0.15, -0.1) is 0 Å². The Kier molecular flexibility index (Phi) is 6.07. The normalized spacial score (nSPS) is 14.5. The van der Waals surface area contributed by atoms with Gasteiger partial charge in [0, 0.05) is 0 Å². The molecule has 0 saturated carbocycles. The Morgan fingerprint density at radius 2 is 1.62 bits per heavy atom. The molecule has 8 heteroatoms. The van der Waals surface area contributed by atoms with E-state index < -0.39 is 41.7 Å². The highest BCUT2D eigenvalue weighted by Crippen LogP contribution is 2.41. The van der Waals surface area contributed by atoms with E-state index in [4.69, 9.17) is 9.84 Å². The fourth-order valence-electron chi connectivity index (χ4n) is 1.35. The van der Waals surface area contributed by atoms with E-state index in [1.54, 1.807) is 20.8 Å². The number of carboxylic acid groups (broad SMARTS) is 1. The van der Waals surface area contributed by atoms with E-state index >= 15 is 0 Å². The van der Waals surface area contributed by atoms with E-state index in [1.165, 1.54) is 0 Å². The van der Waals surface area contributed by atoms with Crippen LogP contribution < -0.4 is 5.32 Å². The number of carbonyl (C=O) groups excluding carboxylic acids is 1. The fourth-order valence-corrected chi connectivity index (χ4v) is 1.35. The molecule has 0 fully saturated rings. The summed E-state index contributed by atoms with van der Waals surface area (Å²) in [6, 6.07) is -1.43. The van der Waals surface area contributed by atoms with Crippen LogP contribution >= 0.6 is 0 Å². The molecular formula is C13H22F3NO4. The van der Waals surface area contributed by atoms with Crippen LogP contribution in [0.25, 0.3) is 0 Å². The number of hydrogen-bond acceptors (Lipinski definition) is 3. The van der Waals surface area contributed by atoms with Crippen molar-refractivity contribution in [1.29, 1.82) is 0 Å². The van der Waals surface area contributed by atoms with Crippen molar-refractivity contribution >= 4 is 12.1 Å². The highest BCUT2D eigenvalue weighted by Gasteiger charge is 2.47. The third-order valence-electron chi connectivity index (χ3n) is 2.81. The maximum atomic E-state index is 12.7. The van der Waals surface area contributed by atoms with E-state index in [1.807, 2.05) is 0 Å². The van der Waals surface area contributed by atoms with Crippen molar-refractivity contribution in [3.05, 3.63) is 0 Å². The first-order valence-corrected chi connectivity index (χ1v) is 6.45. The van der Waals surface area contributed by atoms with Crippen molar-refractivity contribution in [2.24, 2.45) is 5.41 Å². The molecule has 0 bridgehead atoms. The van der Waals surface area contributed by atoms with Crippen LogP contribution in [-0.2, 0) is 9.53 Å². The Morgan fingerprint density at radius 1 is 1.14 bits per heavy atom. The second kappa shape index (κ2) is 6.53. The Hall–Kier alpha value is -1.47. The first-order valence-electron chi connectivity index (χ1n) is 6.45. The molecule has 0 radical (unpaired) electrons. The van der Waals surface area contributed by atoms with E-state index in [-0.39, 0.29) is 6.42 Å². The van der Waals surface area contributed by atoms with E-state index in [0.29, 0.717) is 0 Å². The lowest BCUT2D eigenvalue weighted by atomic mass is 9.85. The summed E-state index contributed by atoms with van der Waals surface area (Å²) in [4.78, 5) is 22.5. The van der Waals surface area contributed by atoms with Crippen LogP contribution in [-0.4, -0.2) is 35.0 Å². The molecule has 0 unspecified atom stereocenters. The predicted molar refractivity (Wildman–Crippen MR) is 69.9 cm³/mol. The standard InChI is InChI=1S/C13H22F3NO4/c1-11(2,3)21-10(20)17-8(9(18)19)6-7-12(4,5)13(14,15)16/h8H,6-7H2,1-5H3,(H,17,20)(H,18,19)/t8-/m0/s1. The third-order valence-corrected chi connectivity index (χ3v) is 2.81. The second-order valence-corrected chi connectivity index (χ2v) is 6.46. The van der Waals surface area contributed by atoms with Crippen molar-refractivity contribution in [2.45, 2.75) is 65.3 Å². The first kappa shape index (κ1) is 19.5. The van der Waals surface area contributed by atoms with Crippen LogP contribution in [0.5, 0.6) is 0 Å². The number of hydrogen-bond donors (Lipinski definition) is 2. The molecule has 0 aliphatic rings. The minimum Gasteiger partial charge on any atom is -0.480 e. The lowest BCUT2D eigenvalue weighted by molar-refractivity contribution is -0.214. The van der Waals surface area contributed by atoms with Gasteiger partial charge in [0.1, 0.15) is 11.6 Å². The first-order chi connectivity index (χ1) is 9.16. The summed E-state index contributed by atoms with van der Waals surface area (Å²) in [6.07, 6.45) is -6.19. The second-order valence-electron chi connectivity index (χ2n) is 6.46. The van der Waals surface area contributed by atoms with Gasteiger partial charge in [0.25, 0.3) is 0 Å². The highest BCUT2D eigenvalue weighted by molar-refractivity contribution is 5.79. The zero-order chi connectivity index (χ0) is 17.1. The maximum Gasteiger partial charge on any atom is 0.408 e. The van der Waals surface area contributed by atoms with E-state index in [9.17, 15) is 22.8 Å². The smallest absolute Gasteiger partial charge is 0.408 e. The number of carboxylic acids is 1. The Bertz CT molecular complexity index is 386. The molecule has 21 heavy (non-hydrogen) atoms. The van der Waals surface area contributed by atoms with Crippen LogP contribution in [0.3, 0.4) is 0 Å². The lowest BCUT2D eigenvalue weighted by Crippen LogP contribution is -2.44. The molecule has 0 heterocycles. The van der Waals surface area contributed by atoms with Crippen LogP contribution in [0.1, 0.15) is 47.5 Å². The molecule has 5 nitrogen and oxygen atoms in total. The molecule has 0 saturated heterocycles. The molecule has 2 N–H and O–H groups in total. The molecule has 1 amide bonds. The van der Waals surface area contributed by atoms with Crippen molar-refractivity contribution in [1.82, 2.24) is 5.32 Å². The quantitative estimate of drug-likeness (QED) is 0.816. The van der Waals surface area contributed by atoms with Gasteiger partial charge in [-0.25, -0.2) is 9.59 Å². The number of rotatable bonds is 5. The minimum atomic E-state index is -4.44. The zero-order valence-corrected chi connectivity index (χ0v) is 12.8. The van der Waals surface area contributed by atoms with E-state index in [2.05, 4.69) is 5.32 Å². The molecule has 0 rings (SSSR count). The Labute approximate surface area is 121 Å². The number of nitrogens with one attached hydrogen (secondary N) is 1. The molecule has 0 spiro atoms. The van der Waals surface area contributed by atoms with Crippen molar-refractivity contribution in [2.75, 3.05) is 0 Å². The van der Waals surface area contributed by atoms with Gasteiger partial charge in [-0.2, -0.15) is 13.2 Å². The fraction of sp³-hybridized carbons (Fsp3) is 0.846. The van der Waals surface area contributed by atoms with Gasteiger partial charge in [0.05, 0.1) is 5.41 Å². The van der Waals surface area contributed by atoms with Gasteiger partial charge < -0.3 is 15.2 Å². The molecule has 0 aliphatic carbocycles. The van der Waals surface area contributed by atoms with Gasteiger partial charge >= 0.3 is 18.2 Å². The molecule has 0 aromatic rings. The number of carbonyl (C=O) groups is 2. The van der Waals surface area contributed by atoms with Crippen molar-refractivity contribution < 1.29 is 32.6 Å². The summed E-state index contributed by atoms with van der Waals surface area (Å²) in [5.41, 5.74) is -2.85. The Balaban J connectivity index is 4.67. The lowest BCUT2D eigenvalue weighted by Gasteiger charge is -2.29. The van der Waals surface area contributed by atoms with Gasteiger partial charge in [0.15, 0.2) is 0 Å². The number of amides is 1. The summed E-state index contributed by atoms with van der Waals surface area (Å²) in [7, 11) is 0. The monoisotopic (exact) mass is 313 g/mol. The summed E-state index contributed by atoms with van der Waals surface area (Å²) in [6.45, 7) is 6.75. The highest BCUT2D eigenvalue weighted by atomic mass is 19.4. The molecular weight excluding hydrogens is 291 g/mol. The van der Waals surface area contributed by atoms with Crippen LogP contribution in [0.15, 0.2) is 0 Å². The largest absolute Gasteiger partial charge is 0.480 e. The molecule has 124 valence electrons. The number of alkyl halides is 3. The summed E-state index contributed by atoms with van der Waals surface area (Å²) >= 11 is 0. The van der Waals surface area contributed by atoms with Crippen LogP contribution in [0.4, 0.5) is 18.0 Å². The molecule has 0 aromatic carbocycles. The topological polar surface area (TPSA) is 75.6 Å².